The normalized spacial score (nSPS) is 24.2. The highest BCUT2D eigenvalue weighted by Gasteiger charge is 2.40. The van der Waals surface area contributed by atoms with Gasteiger partial charge in [-0.15, -0.1) is 0 Å². The number of H-pyrrole nitrogens is 1. The smallest absolute Gasteiger partial charge is 0.296 e. The highest BCUT2D eigenvalue weighted by Crippen LogP contribution is 2.45. The minimum absolute atomic E-state index is 0.174. The monoisotopic (exact) mass is 424 g/mol. The molecule has 0 saturated carbocycles. The first-order valence-electron chi connectivity index (χ1n) is 10.6. The molecule has 1 aliphatic carbocycles. The van der Waals surface area contributed by atoms with Crippen molar-refractivity contribution in [2.75, 3.05) is 20.2 Å². The number of benzene rings is 2. The van der Waals surface area contributed by atoms with Gasteiger partial charge in [0.25, 0.3) is 10.1 Å². The van der Waals surface area contributed by atoms with Crippen LogP contribution >= 0.6 is 0 Å². The van der Waals surface area contributed by atoms with Crippen molar-refractivity contribution < 1.29 is 12.6 Å². The molecule has 0 spiro atoms. The first-order valence-corrected chi connectivity index (χ1v) is 12.0. The van der Waals surface area contributed by atoms with Crippen LogP contribution in [0.4, 0.5) is 0 Å². The van der Waals surface area contributed by atoms with Gasteiger partial charge in [0.15, 0.2) is 0 Å². The van der Waals surface area contributed by atoms with Crippen molar-refractivity contribution in [3.05, 3.63) is 64.8 Å². The molecule has 3 aromatic rings. The predicted molar refractivity (Wildman–Crippen MR) is 118 cm³/mol. The second-order valence-corrected chi connectivity index (χ2v) is 10.6. The Balaban J connectivity index is 1.38. The second kappa shape index (κ2) is 7.22. The summed E-state index contributed by atoms with van der Waals surface area (Å²) in [5, 5.41) is 1.37. The number of hydrogen-bond donors (Lipinski definition) is 1. The molecule has 2 aromatic carbocycles. The molecule has 0 unspecified atom stereocenters. The number of hydrogen-bond acceptors (Lipinski definition) is 4. The fourth-order valence-corrected chi connectivity index (χ4v) is 6.38. The number of aryl methyl sites for hydroxylation is 2. The van der Waals surface area contributed by atoms with Gasteiger partial charge in [0.1, 0.15) is 0 Å². The zero-order valence-electron chi connectivity index (χ0n) is 17.7. The van der Waals surface area contributed by atoms with Crippen LogP contribution in [0.5, 0.6) is 0 Å². The van der Waals surface area contributed by atoms with Crippen molar-refractivity contribution >= 4 is 21.0 Å². The molecule has 0 bridgehead atoms. The van der Waals surface area contributed by atoms with E-state index in [4.69, 9.17) is 4.18 Å². The van der Waals surface area contributed by atoms with E-state index in [-0.39, 0.29) is 17.4 Å². The Morgan fingerprint density at radius 3 is 2.67 bits per heavy atom. The lowest BCUT2D eigenvalue weighted by molar-refractivity contribution is 0.0853. The molecule has 1 aliphatic heterocycles. The Morgan fingerprint density at radius 2 is 1.90 bits per heavy atom. The van der Waals surface area contributed by atoms with Gasteiger partial charge in [0, 0.05) is 35.1 Å². The van der Waals surface area contributed by atoms with Crippen LogP contribution in [0.2, 0.25) is 0 Å². The van der Waals surface area contributed by atoms with E-state index in [0.29, 0.717) is 12.0 Å². The molecular weight excluding hydrogens is 396 g/mol. The molecule has 158 valence electrons. The minimum Gasteiger partial charge on any atom is -0.358 e. The summed E-state index contributed by atoms with van der Waals surface area (Å²) in [6.07, 6.45) is 1.99. The largest absolute Gasteiger partial charge is 0.358 e. The van der Waals surface area contributed by atoms with Crippen molar-refractivity contribution in [3.8, 4) is 0 Å². The summed E-state index contributed by atoms with van der Waals surface area (Å²) < 4.78 is 30.8. The van der Waals surface area contributed by atoms with E-state index in [1.54, 1.807) is 24.3 Å². The van der Waals surface area contributed by atoms with Crippen molar-refractivity contribution in [2.45, 2.75) is 43.5 Å². The van der Waals surface area contributed by atoms with E-state index in [1.807, 2.05) is 6.92 Å². The Bertz CT molecular complexity index is 1200. The molecule has 1 aromatic heterocycles. The molecule has 2 heterocycles. The first kappa shape index (κ1) is 19.8. The van der Waals surface area contributed by atoms with Gasteiger partial charge in [-0.2, -0.15) is 8.42 Å². The fourth-order valence-electron chi connectivity index (χ4n) is 5.40. The van der Waals surface area contributed by atoms with Gasteiger partial charge in [0.05, 0.1) is 11.5 Å². The lowest BCUT2D eigenvalue weighted by Crippen LogP contribution is -2.48. The van der Waals surface area contributed by atoms with E-state index in [0.717, 1.165) is 24.9 Å². The molecule has 30 heavy (non-hydrogen) atoms. The van der Waals surface area contributed by atoms with Gasteiger partial charge in [-0.05, 0) is 69.0 Å². The summed E-state index contributed by atoms with van der Waals surface area (Å²) in [5.41, 5.74) is 6.33. The summed E-state index contributed by atoms with van der Waals surface area (Å²) >= 11 is 0. The zero-order chi connectivity index (χ0) is 21.0. The lowest BCUT2D eigenvalue weighted by atomic mass is 9.72. The number of likely N-dealkylation sites (N-methyl/N-ethyl adjacent to an activating group) is 1. The van der Waals surface area contributed by atoms with Crippen LogP contribution in [-0.4, -0.2) is 44.5 Å². The number of likely N-dealkylation sites (tertiary alicyclic amines) is 1. The van der Waals surface area contributed by atoms with E-state index < -0.39 is 10.1 Å². The standard InChI is InChI=1S/C24H28N2O3S/c1-15-7-9-18(10-8-15)30(27,28)29-14-17-11-21-19-5-4-6-22-24(19)20(16(2)25-22)12-23(21)26(3)13-17/h4-10,17,21,23,25H,11-14H2,1-3H3/t17-,21-,23-/m1/s1. The van der Waals surface area contributed by atoms with E-state index in [9.17, 15) is 8.42 Å². The highest BCUT2D eigenvalue weighted by molar-refractivity contribution is 7.86. The van der Waals surface area contributed by atoms with Crippen LogP contribution in [0, 0.1) is 19.8 Å². The van der Waals surface area contributed by atoms with E-state index in [1.165, 1.54) is 27.7 Å². The van der Waals surface area contributed by atoms with Crippen LogP contribution in [0.15, 0.2) is 47.4 Å². The van der Waals surface area contributed by atoms with Gasteiger partial charge < -0.3 is 9.88 Å². The number of aromatic amines is 1. The molecule has 0 radical (unpaired) electrons. The van der Waals surface area contributed by atoms with Gasteiger partial charge >= 0.3 is 0 Å². The second-order valence-electron chi connectivity index (χ2n) is 8.97. The van der Waals surface area contributed by atoms with E-state index in [2.05, 4.69) is 42.1 Å². The summed E-state index contributed by atoms with van der Waals surface area (Å²) in [5.74, 6) is 0.569. The van der Waals surface area contributed by atoms with Crippen LogP contribution in [-0.2, 0) is 20.7 Å². The molecule has 2 aliphatic rings. The van der Waals surface area contributed by atoms with Crippen LogP contribution in [0.25, 0.3) is 10.9 Å². The average molecular weight is 425 g/mol. The summed E-state index contributed by atoms with van der Waals surface area (Å²) in [7, 11) is -1.57. The van der Waals surface area contributed by atoms with Crippen molar-refractivity contribution in [2.24, 2.45) is 5.92 Å². The predicted octanol–water partition coefficient (Wildman–Crippen LogP) is 4.15. The summed E-state index contributed by atoms with van der Waals surface area (Å²) in [6.45, 7) is 5.17. The van der Waals surface area contributed by atoms with Gasteiger partial charge in [-0.3, -0.25) is 4.18 Å². The summed E-state index contributed by atoms with van der Waals surface area (Å²) in [6, 6.07) is 13.8. The van der Waals surface area contributed by atoms with Gasteiger partial charge in [-0.1, -0.05) is 29.8 Å². The Kier molecular flexibility index (Phi) is 4.76. The maximum atomic E-state index is 12.6. The first-order chi connectivity index (χ1) is 14.3. The fraction of sp³-hybridized carbons (Fsp3) is 0.417. The maximum Gasteiger partial charge on any atom is 0.296 e. The number of nitrogens with zero attached hydrogens (tertiary/aromatic N) is 1. The van der Waals surface area contributed by atoms with E-state index >= 15 is 0 Å². The molecule has 1 N–H and O–H groups in total. The molecule has 1 fully saturated rings. The summed E-state index contributed by atoms with van der Waals surface area (Å²) in [4.78, 5) is 6.16. The van der Waals surface area contributed by atoms with Crippen LogP contribution < -0.4 is 0 Å². The molecule has 0 amide bonds. The zero-order valence-corrected chi connectivity index (χ0v) is 18.5. The van der Waals surface area contributed by atoms with Crippen molar-refractivity contribution in [1.29, 1.82) is 0 Å². The molecule has 3 atom stereocenters. The quantitative estimate of drug-likeness (QED) is 0.639. The molecule has 6 heteroatoms. The van der Waals surface area contributed by atoms with Crippen molar-refractivity contribution in [3.63, 3.8) is 0 Å². The number of nitrogens with one attached hydrogen (secondary N) is 1. The molecule has 1 saturated heterocycles. The average Bonchev–Trinajstić information content (AvgIpc) is 3.04. The van der Waals surface area contributed by atoms with Crippen LogP contribution in [0.1, 0.15) is 34.7 Å². The highest BCUT2D eigenvalue weighted by atomic mass is 32.2. The Morgan fingerprint density at radius 1 is 1.13 bits per heavy atom. The number of fused-ring (bicyclic) bond motifs is 2. The number of rotatable bonds is 4. The maximum absolute atomic E-state index is 12.6. The Labute approximate surface area is 178 Å². The number of piperidine rings is 1. The molecule has 5 rings (SSSR count). The molecular formula is C24H28N2O3S. The topological polar surface area (TPSA) is 62.4 Å². The lowest BCUT2D eigenvalue weighted by Gasteiger charge is -2.45. The third-order valence-electron chi connectivity index (χ3n) is 6.92. The van der Waals surface area contributed by atoms with Crippen molar-refractivity contribution in [1.82, 2.24) is 9.88 Å². The van der Waals surface area contributed by atoms with Gasteiger partial charge in [0.2, 0.25) is 0 Å². The molecule has 5 nitrogen and oxygen atoms in total. The Hall–Kier alpha value is -2.15. The SMILES string of the molecule is Cc1ccc(S(=O)(=O)OC[C@@H]2C[C@@H]3c4cccc5[nH]c(C)c(c45)C[C@H]3N(C)C2)cc1. The number of aromatic nitrogens is 1. The third kappa shape index (κ3) is 3.27. The van der Waals surface area contributed by atoms with Crippen LogP contribution in [0.3, 0.4) is 0 Å². The third-order valence-corrected chi connectivity index (χ3v) is 8.21. The minimum atomic E-state index is -3.73. The van der Waals surface area contributed by atoms with Gasteiger partial charge in [-0.25, -0.2) is 0 Å².